The van der Waals surface area contributed by atoms with Crippen LogP contribution >= 0.6 is 11.5 Å². The van der Waals surface area contributed by atoms with Crippen LogP contribution in [0.25, 0.3) is 0 Å². The Balaban J connectivity index is 2.54. The fraction of sp³-hybridized carbons (Fsp3) is 0.583. The van der Waals surface area contributed by atoms with E-state index in [1.165, 1.54) is 0 Å². The second-order valence-electron chi connectivity index (χ2n) is 4.02. The quantitative estimate of drug-likeness (QED) is 0.798. The number of hydrogen-bond donors (Lipinski definition) is 2. The van der Waals surface area contributed by atoms with Gasteiger partial charge < -0.3 is 15.3 Å². The summed E-state index contributed by atoms with van der Waals surface area (Å²) in [4.78, 5) is 24.6. The molecule has 6 nitrogen and oxygen atoms in total. The first-order chi connectivity index (χ1) is 9.01. The molecule has 0 saturated heterocycles. The number of aromatic nitrogens is 1. The highest BCUT2D eigenvalue weighted by Crippen LogP contribution is 2.24. The Morgan fingerprint density at radius 1 is 1.37 bits per heavy atom. The van der Waals surface area contributed by atoms with Crippen LogP contribution in [0.15, 0.2) is 0 Å². The van der Waals surface area contributed by atoms with Crippen molar-refractivity contribution in [3.8, 4) is 0 Å². The number of hydrogen-bond acceptors (Lipinski definition) is 5. The van der Waals surface area contributed by atoms with Crippen LogP contribution in [-0.4, -0.2) is 45.9 Å². The summed E-state index contributed by atoms with van der Waals surface area (Å²) in [6.45, 7) is 7.32. The number of rotatable bonds is 7. The third-order valence-electron chi connectivity index (χ3n) is 2.82. The fourth-order valence-electron chi connectivity index (χ4n) is 1.76. The largest absolute Gasteiger partial charge is 0.478 e. The van der Waals surface area contributed by atoms with E-state index in [1.54, 1.807) is 11.8 Å². The van der Waals surface area contributed by atoms with Crippen molar-refractivity contribution >= 4 is 28.4 Å². The van der Waals surface area contributed by atoms with Gasteiger partial charge in [-0.3, -0.25) is 4.79 Å². The number of nitrogens with one attached hydrogen (secondary N) is 1. The van der Waals surface area contributed by atoms with Gasteiger partial charge in [-0.05, 0) is 32.3 Å². The molecule has 0 saturated carbocycles. The normalized spacial score (nSPS) is 10.3. The van der Waals surface area contributed by atoms with Gasteiger partial charge in [0, 0.05) is 26.1 Å². The molecule has 0 aromatic carbocycles. The van der Waals surface area contributed by atoms with E-state index in [-0.39, 0.29) is 11.5 Å². The molecule has 1 amide bonds. The molecule has 7 heteroatoms. The van der Waals surface area contributed by atoms with Crippen molar-refractivity contribution < 1.29 is 14.7 Å². The number of carboxylic acid groups (broad SMARTS) is 1. The van der Waals surface area contributed by atoms with Crippen molar-refractivity contribution in [3.05, 3.63) is 11.3 Å². The molecule has 1 rings (SSSR count). The molecule has 0 atom stereocenters. The van der Waals surface area contributed by atoms with E-state index in [2.05, 4.69) is 9.69 Å². The lowest BCUT2D eigenvalue weighted by atomic mass is 10.2. The molecule has 1 heterocycles. The molecule has 0 unspecified atom stereocenters. The van der Waals surface area contributed by atoms with Crippen LogP contribution in [0.3, 0.4) is 0 Å². The maximum atomic E-state index is 11.8. The summed E-state index contributed by atoms with van der Waals surface area (Å²) < 4.78 is 4.01. The topological polar surface area (TPSA) is 82.5 Å². The van der Waals surface area contributed by atoms with Crippen LogP contribution in [0.1, 0.15) is 36.3 Å². The first kappa shape index (κ1) is 15.4. The summed E-state index contributed by atoms with van der Waals surface area (Å²) in [7, 11) is 0. The molecular formula is C12H19N3O3S. The van der Waals surface area contributed by atoms with Crippen LogP contribution in [-0.2, 0) is 4.79 Å². The lowest BCUT2D eigenvalue weighted by Crippen LogP contribution is -2.31. The average molecular weight is 285 g/mol. The van der Waals surface area contributed by atoms with Gasteiger partial charge in [0.15, 0.2) is 0 Å². The van der Waals surface area contributed by atoms with Gasteiger partial charge in [0.25, 0.3) is 0 Å². The summed E-state index contributed by atoms with van der Waals surface area (Å²) in [5.74, 6) is -0.931. The van der Waals surface area contributed by atoms with E-state index < -0.39 is 5.97 Å². The van der Waals surface area contributed by atoms with Gasteiger partial charge in [-0.2, -0.15) is 4.37 Å². The number of nitrogens with zero attached hydrogens (tertiary/aromatic N) is 2. The zero-order valence-electron chi connectivity index (χ0n) is 11.4. The van der Waals surface area contributed by atoms with Crippen molar-refractivity contribution in [3.63, 3.8) is 0 Å². The predicted molar refractivity (Wildman–Crippen MR) is 74.8 cm³/mol. The second-order valence-corrected chi connectivity index (χ2v) is 4.79. The van der Waals surface area contributed by atoms with Crippen molar-refractivity contribution in [2.45, 2.75) is 27.2 Å². The fourth-order valence-corrected chi connectivity index (χ4v) is 2.57. The Bertz CT molecular complexity index is 455. The number of aryl methyl sites for hydroxylation is 1. The second kappa shape index (κ2) is 7.08. The molecule has 0 bridgehead atoms. The van der Waals surface area contributed by atoms with E-state index in [1.807, 2.05) is 13.8 Å². The Kier molecular flexibility index (Phi) is 5.75. The maximum Gasteiger partial charge on any atom is 0.340 e. The minimum Gasteiger partial charge on any atom is -0.478 e. The molecule has 0 fully saturated rings. The van der Waals surface area contributed by atoms with E-state index in [0.29, 0.717) is 36.8 Å². The SMILES string of the molecule is CCN(CC)C(=O)CCNc1snc(C)c1C(=O)O. The molecule has 106 valence electrons. The molecule has 1 aromatic heterocycles. The average Bonchev–Trinajstić information content (AvgIpc) is 2.72. The number of carbonyl (C=O) groups excluding carboxylic acids is 1. The number of aromatic carboxylic acids is 1. The van der Waals surface area contributed by atoms with Gasteiger partial charge in [-0.1, -0.05) is 0 Å². The summed E-state index contributed by atoms with van der Waals surface area (Å²) in [6, 6.07) is 0. The van der Waals surface area contributed by atoms with Gasteiger partial charge in [0.05, 0.1) is 5.69 Å². The van der Waals surface area contributed by atoms with Gasteiger partial charge >= 0.3 is 5.97 Å². The molecule has 0 aliphatic rings. The first-order valence-corrected chi connectivity index (χ1v) is 6.99. The molecule has 0 aliphatic carbocycles. The van der Waals surface area contributed by atoms with Crippen molar-refractivity contribution in [1.29, 1.82) is 0 Å². The molecule has 19 heavy (non-hydrogen) atoms. The highest BCUT2D eigenvalue weighted by molar-refractivity contribution is 7.10. The summed E-state index contributed by atoms with van der Waals surface area (Å²) >= 11 is 1.11. The smallest absolute Gasteiger partial charge is 0.340 e. The Labute approximate surface area is 116 Å². The predicted octanol–water partition coefficient (Wildman–Crippen LogP) is 1.82. The van der Waals surface area contributed by atoms with Crippen LogP contribution < -0.4 is 5.32 Å². The van der Waals surface area contributed by atoms with E-state index in [4.69, 9.17) is 5.11 Å². The van der Waals surface area contributed by atoms with E-state index >= 15 is 0 Å². The van der Waals surface area contributed by atoms with Gasteiger partial charge in [0.2, 0.25) is 5.91 Å². The molecule has 0 aliphatic heterocycles. The highest BCUT2D eigenvalue weighted by atomic mass is 32.1. The monoisotopic (exact) mass is 285 g/mol. The number of carboxylic acids is 1. The zero-order chi connectivity index (χ0) is 14.4. The van der Waals surface area contributed by atoms with Crippen molar-refractivity contribution in [1.82, 2.24) is 9.27 Å². The zero-order valence-corrected chi connectivity index (χ0v) is 12.2. The third-order valence-corrected chi connectivity index (χ3v) is 3.71. The minimum absolute atomic E-state index is 0.0654. The Morgan fingerprint density at radius 2 is 2.00 bits per heavy atom. The molecule has 0 spiro atoms. The highest BCUT2D eigenvalue weighted by Gasteiger charge is 2.17. The molecule has 0 radical (unpaired) electrons. The van der Waals surface area contributed by atoms with Crippen LogP contribution in [0, 0.1) is 6.92 Å². The number of carbonyl (C=O) groups is 2. The lowest BCUT2D eigenvalue weighted by Gasteiger charge is -2.18. The Morgan fingerprint density at radius 3 is 2.53 bits per heavy atom. The van der Waals surface area contributed by atoms with Gasteiger partial charge in [-0.15, -0.1) is 0 Å². The van der Waals surface area contributed by atoms with Crippen molar-refractivity contribution in [2.24, 2.45) is 0 Å². The summed E-state index contributed by atoms with van der Waals surface area (Å²) in [6.07, 6.45) is 0.345. The number of anilines is 1. The van der Waals surface area contributed by atoms with E-state index in [9.17, 15) is 9.59 Å². The van der Waals surface area contributed by atoms with E-state index in [0.717, 1.165) is 11.5 Å². The molecular weight excluding hydrogens is 266 g/mol. The summed E-state index contributed by atoms with van der Waals surface area (Å²) in [5.41, 5.74) is 0.690. The standard InChI is InChI=1S/C12H19N3O3S/c1-4-15(5-2)9(16)6-7-13-11-10(12(17)18)8(3)14-19-11/h13H,4-7H2,1-3H3,(H,17,18). The summed E-state index contributed by atoms with van der Waals surface area (Å²) in [5, 5.41) is 12.5. The van der Waals surface area contributed by atoms with Crippen molar-refractivity contribution in [2.75, 3.05) is 25.0 Å². The lowest BCUT2D eigenvalue weighted by molar-refractivity contribution is -0.130. The van der Waals surface area contributed by atoms with Gasteiger partial charge in [0.1, 0.15) is 10.6 Å². The molecule has 1 aromatic rings. The van der Waals surface area contributed by atoms with Gasteiger partial charge in [-0.25, -0.2) is 4.79 Å². The van der Waals surface area contributed by atoms with Crippen LogP contribution in [0.4, 0.5) is 5.00 Å². The number of amides is 1. The first-order valence-electron chi connectivity index (χ1n) is 6.22. The minimum atomic E-state index is -0.996. The van der Waals surface area contributed by atoms with Crippen LogP contribution in [0.2, 0.25) is 0 Å². The maximum absolute atomic E-state index is 11.8. The Hall–Kier alpha value is -1.63. The van der Waals surface area contributed by atoms with Crippen LogP contribution in [0.5, 0.6) is 0 Å². The molecule has 2 N–H and O–H groups in total. The third kappa shape index (κ3) is 3.92.